The largest absolute Gasteiger partial charge is 0.494 e. The van der Waals surface area contributed by atoms with E-state index in [1.54, 1.807) is 6.07 Å². The highest BCUT2D eigenvalue weighted by molar-refractivity contribution is 5.80. The second-order valence-electron chi connectivity index (χ2n) is 5.96. The first kappa shape index (κ1) is 17.7. The fourth-order valence-corrected chi connectivity index (χ4v) is 2.81. The van der Waals surface area contributed by atoms with Gasteiger partial charge in [-0.3, -0.25) is 14.2 Å². The highest BCUT2D eigenvalue weighted by Gasteiger charge is 2.12. The normalized spacial score (nSPS) is 11.9. The Morgan fingerprint density at radius 1 is 1.19 bits per heavy atom. The summed E-state index contributed by atoms with van der Waals surface area (Å²) in [5, 5.41) is 2.93. The maximum Gasteiger partial charge on any atom is 0.269 e. The Kier molecular flexibility index (Phi) is 5.31. The van der Waals surface area contributed by atoms with Crippen LogP contribution >= 0.6 is 0 Å². The zero-order valence-electron chi connectivity index (χ0n) is 14.8. The molecule has 6 heteroatoms. The molecule has 0 fully saturated rings. The van der Waals surface area contributed by atoms with Gasteiger partial charge in [0.2, 0.25) is 5.91 Å². The number of amides is 1. The van der Waals surface area contributed by atoms with Crippen molar-refractivity contribution in [1.29, 1.82) is 0 Å². The smallest absolute Gasteiger partial charge is 0.269 e. The Morgan fingerprint density at radius 2 is 1.92 bits per heavy atom. The van der Waals surface area contributed by atoms with Crippen molar-refractivity contribution >= 4 is 16.9 Å². The fraction of sp³-hybridized carbons (Fsp3) is 0.250. The first-order valence-electron chi connectivity index (χ1n) is 8.55. The average Bonchev–Trinajstić information content (AvgIpc) is 2.65. The molecule has 3 aromatic rings. The van der Waals surface area contributed by atoms with Gasteiger partial charge in [0.25, 0.3) is 5.56 Å². The summed E-state index contributed by atoms with van der Waals surface area (Å²) in [4.78, 5) is 28.7. The van der Waals surface area contributed by atoms with E-state index in [0.717, 1.165) is 11.3 Å². The van der Waals surface area contributed by atoms with E-state index in [4.69, 9.17) is 4.74 Å². The van der Waals surface area contributed by atoms with Crippen molar-refractivity contribution < 1.29 is 9.53 Å². The number of nitrogens with zero attached hydrogens (tertiary/aromatic N) is 2. The number of para-hydroxylation sites is 2. The molecule has 26 heavy (non-hydrogen) atoms. The summed E-state index contributed by atoms with van der Waals surface area (Å²) in [6.45, 7) is 4.39. The zero-order valence-corrected chi connectivity index (χ0v) is 14.8. The van der Waals surface area contributed by atoms with E-state index in [1.165, 1.54) is 10.8 Å². The van der Waals surface area contributed by atoms with E-state index < -0.39 is 0 Å². The summed E-state index contributed by atoms with van der Waals surface area (Å²) >= 11 is 0. The molecule has 1 heterocycles. The molecule has 0 radical (unpaired) electrons. The lowest BCUT2D eigenvalue weighted by Crippen LogP contribution is -2.34. The van der Waals surface area contributed by atoms with Crippen LogP contribution < -0.4 is 15.6 Å². The maximum atomic E-state index is 12.4. The molecule has 134 valence electrons. The van der Waals surface area contributed by atoms with E-state index >= 15 is 0 Å². The Morgan fingerprint density at radius 3 is 2.65 bits per heavy atom. The van der Waals surface area contributed by atoms with Crippen molar-refractivity contribution in [3.05, 3.63) is 70.6 Å². The molecule has 1 unspecified atom stereocenters. The van der Waals surface area contributed by atoms with Crippen LogP contribution in [0.1, 0.15) is 25.5 Å². The molecular weight excluding hydrogens is 330 g/mol. The minimum Gasteiger partial charge on any atom is -0.494 e. The van der Waals surface area contributed by atoms with Crippen molar-refractivity contribution in [2.45, 2.75) is 26.4 Å². The average molecular weight is 351 g/mol. The minimum absolute atomic E-state index is 0.0523. The first-order valence-corrected chi connectivity index (χ1v) is 8.55. The summed E-state index contributed by atoms with van der Waals surface area (Å²) < 4.78 is 6.86. The van der Waals surface area contributed by atoms with Crippen LogP contribution in [0.3, 0.4) is 0 Å². The lowest BCUT2D eigenvalue weighted by molar-refractivity contribution is -0.122. The predicted molar refractivity (Wildman–Crippen MR) is 100 cm³/mol. The number of hydrogen-bond donors (Lipinski definition) is 1. The molecule has 0 saturated heterocycles. The van der Waals surface area contributed by atoms with Gasteiger partial charge >= 0.3 is 0 Å². The molecule has 1 atom stereocenters. The van der Waals surface area contributed by atoms with Crippen LogP contribution in [-0.2, 0) is 11.3 Å². The third-order valence-corrected chi connectivity index (χ3v) is 4.12. The van der Waals surface area contributed by atoms with Crippen LogP contribution in [-0.4, -0.2) is 22.1 Å². The molecule has 0 saturated carbocycles. The molecule has 6 nitrogen and oxygen atoms in total. The van der Waals surface area contributed by atoms with Crippen LogP contribution in [0.4, 0.5) is 0 Å². The molecule has 2 aromatic carbocycles. The van der Waals surface area contributed by atoms with Gasteiger partial charge in [-0.15, -0.1) is 0 Å². The Hall–Kier alpha value is -3.15. The molecule has 1 aromatic heterocycles. The van der Waals surface area contributed by atoms with E-state index in [0.29, 0.717) is 17.6 Å². The molecule has 0 aliphatic carbocycles. The van der Waals surface area contributed by atoms with Gasteiger partial charge in [0.15, 0.2) is 0 Å². The second kappa shape index (κ2) is 7.82. The van der Waals surface area contributed by atoms with Crippen LogP contribution in [0.5, 0.6) is 5.75 Å². The standard InChI is InChI=1S/C20H21N3O3/c1-3-26-16-10-8-15(9-11-16)14(2)22-19(24)13-23-18-7-5-4-6-17(18)21-12-20(23)25/h4-12,14H,3,13H2,1-2H3,(H,22,24). The topological polar surface area (TPSA) is 73.2 Å². The number of fused-ring (bicyclic) bond motifs is 1. The molecule has 0 spiro atoms. The number of nitrogens with one attached hydrogen (secondary N) is 1. The highest BCUT2D eigenvalue weighted by Crippen LogP contribution is 2.17. The van der Waals surface area contributed by atoms with Gasteiger partial charge < -0.3 is 10.1 Å². The molecule has 1 N–H and O–H groups in total. The summed E-state index contributed by atoms with van der Waals surface area (Å²) in [5.41, 5.74) is 1.99. The Balaban J connectivity index is 1.73. The Bertz CT molecular complexity index is 964. The lowest BCUT2D eigenvalue weighted by atomic mass is 10.1. The quantitative estimate of drug-likeness (QED) is 0.741. The number of carbonyl (C=O) groups is 1. The van der Waals surface area contributed by atoms with E-state index in [-0.39, 0.29) is 24.1 Å². The number of aromatic nitrogens is 2. The molecule has 1 amide bonds. The summed E-state index contributed by atoms with van der Waals surface area (Å²) in [7, 11) is 0. The third kappa shape index (κ3) is 3.91. The molecule has 0 bridgehead atoms. The predicted octanol–water partition coefficient (Wildman–Crippen LogP) is 2.67. The van der Waals surface area contributed by atoms with Gasteiger partial charge in [-0.2, -0.15) is 0 Å². The fourth-order valence-electron chi connectivity index (χ4n) is 2.81. The van der Waals surface area contributed by atoms with Crippen LogP contribution in [0.2, 0.25) is 0 Å². The van der Waals surface area contributed by atoms with E-state index in [1.807, 2.05) is 56.3 Å². The van der Waals surface area contributed by atoms with Crippen molar-refractivity contribution in [2.75, 3.05) is 6.61 Å². The summed E-state index contributed by atoms with van der Waals surface area (Å²) in [6, 6.07) is 14.7. The lowest BCUT2D eigenvalue weighted by Gasteiger charge is -2.16. The maximum absolute atomic E-state index is 12.4. The SMILES string of the molecule is CCOc1ccc(C(C)NC(=O)Cn2c(=O)cnc3ccccc32)cc1. The van der Waals surface area contributed by atoms with Crippen molar-refractivity contribution in [1.82, 2.24) is 14.9 Å². The number of rotatable bonds is 6. The Labute approximate surface area is 151 Å². The van der Waals surface area contributed by atoms with Gasteiger partial charge in [-0.05, 0) is 43.7 Å². The van der Waals surface area contributed by atoms with Crippen molar-refractivity contribution in [2.24, 2.45) is 0 Å². The van der Waals surface area contributed by atoms with Gasteiger partial charge in [0.1, 0.15) is 12.3 Å². The van der Waals surface area contributed by atoms with Gasteiger partial charge in [-0.1, -0.05) is 24.3 Å². The minimum atomic E-state index is -0.299. The monoisotopic (exact) mass is 351 g/mol. The van der Waals surface area contributed by atoms with E-state index in [9.17, 15) is 9.59 Å². The van der Waals surface area contributed by atoms with Crippen molar-refractivity contribution in [3.8, 4) is 5.75 Å². The number of benzene rings is 2. The van der Waals surface area contributed by atoms with Crippen LogP contribution in [0.25, 0.3) is 11.0 Å². The number of ether oxygens (including phenoxy) is 1. The molecule has 3 rings (SSSR count). The van der Waals surface area contributed by atoms with Gasteiger partial charge in [0.05, 0.1) is 29.9 Å². The number of hydrogen-bond acceptors (Lipinski definition) is 4. The van der Waals surface area contributed by atoms with Crippen LogP contribution in [0, 0.1) is 0 Å². The zero-order chi connectivity index (χ0) is 18.5. The molecular formula is C20H21N3O3. The van der Waals surface area contributed by atoms with Gasteiger partial charge in [0, 0.05) is 0 Å². The van der Waals surface area contributed by atoms with Crippen LogP contribution in [0.15, 0.2) is 59.5 Å². The molecule has 0 aliphatic heterocycles. The third-order valence-electron chi connectivity index (χ3n) is 4.12. The number of carbonyl (C=O) groups excluding carboxylic acids is 1. The first-order chi connectivity index (χ1) is 12.6. The summed E-state index contributed by atoms with van der Waals surface area (Å²) in [6.07, 6.45) is 1.24. The van der Waals surface area contributed by atoms with Crippen molar-refractivity contribution in [3.63, 3.8) is 0 Å². The molecule has 0 aliphatic rings. The highest BCUT2D eigenvalue weighted by atomic mass is 16.5. The summed E-state index contributed by atoms with van der Waals surface area (Å²) in [5.74, 6) is 0.564. The second-order valence-corrected chi connectivity index (χ2v) is 5.96. The van der Waals surface area contributed by atoms with E-state index in [2.05, 4.69) is 10.3 Å². The van der Waals surface area contributed by atoms with Gasteiger partial charge in [-0.25, -0.2) is 4.98 Å².